The Bertz CT molecular complexity index is 1990. The van der Waals surface area contributed by atoms with Crippen molar-refractivity contribution in [3.8, 4) is 16.9 Å². The third-order valence-electron chi connectivity index (χ3n) is 8.73. The summed E-state index contributed by atoms with van der Waals surface area (Å²) in [6.45, 7) is 9.31. The number of carbonyl (C=O) groups excluding carboxylic acids is 2. The van der Waals surface area contributed by atoms with E-state index in [1.807, 2.05) is 69.8 Å². The number of rotatable bonds is 15. The molecule has 2 aromatic heterocycles. The summed E-state index contributed by atoms with van der Waals surface area (Å²) in [6.07, 6.45) is 1.45. The molecule has 1 amide bonds. The number of ether oxygens (including phenoxy) is 4. The molecule has 5 rings (SSSR count). The highest BCUT2D eigenvalue weighted by Crippen LogP contribution is 2.39. The van der Waals surface area contributed by atoms with Crippen molar-refractivity contribution < 1.29 is 28.5 Å². The first-order valence-electron chi connectivity index (χ1n) is 17.4. The summed E-state index contributed by atoms with van der Waals surface area (Å²) < 4.78 is 27.2. The quantitative estimate of drug-likeness (QED) is 0.0599. The highest BCUT2D eigenvalue weighted by molar-refractivity contribution is 9.08. The fourth-order valence-electron chi connectivity index (χ4n) is 6.56. The number of carbonyl (C=O) groups is 2. The summed E-state index contributed by atoms with van der Waals surface area (Å²) >= 11 is 3.69. The number of nitrogens with zero attached hydrogens (tertiary/aromatic N) is 4. The third kappa shape index (κ3) is 8.59. The maximum absolute atomic E-state index is 14.0. The lowest BCUT2D eigenvalue weighted by molar-refractivity contribution is 0.0294. The minimum absolute atomic E-state index is 0.243. The number of hydrogen-bond donors (Lipinski definition) is 0. The first kappa shape index (κ1) is 37.9. The van der Waals surface area contributed by atoms with Crippen LogP contribution in [0.3, 0.4) is 0 Å². The van der Waals surface area contributed by atoms with Gasteiger partial charge >= 0.3 is 12.1 Å². The number of halogens is 1. The molecule has 10 nitrogen and oxygen atoms in total. The van der Waals surface area contributed by atoms with E-state index in [2.05, 4.69) is 50.8 Å². The number of alkyl halides is 1. The Morgan fingerprint density at radius 1 is 0.980 bits per heavy atom. The van der Waals surface area contributed by atoms with Crippen LogP contribution in [0.5, 0.6) is 5.75 Å². The average Bonchev–Trinajstić information content (AvgIpc) is 3.59. The predicted octanol–water partition coefficient (Wildman–Crippen LogP) is 8.68. The summed E-state index contributed by atoms with van der Waals surface area (Å²) in [7, 11) is 5.32. The van der Waals surface area contributed by atoms with E-state index < -0.39 is 5.60 Å². The predicted molar refractivity (Wildman–Crippen MR) is 205 cm³/mol. The van der Waals surface area contributed by atoms with Crippen LogP contribution in [0.4, 0.5) is 4.79 Å². The second-order valence-corrected chi connectivity index (χ2v) is 14.1. The van der Waals surface area contributed by atoms with Gasteiger partial charge in [0.15, 0.2) is 0 Å². The second kappa shape index (κ2) is 16.8. The van der Waals surface area contributed by atoms with E-state index in [1.165, 1.54) is 0 Å². The van der Waals surface area contributed by atoms with Crippen molar-refractivity contribution in [1.29, 1.82) is 0 Å². The third-order valence-corrected chi connectivity index (χ3v) is 9.26. The number of esters is 1. The van der Waals surface area contributed by atoms with Gasteiger partial charge in [-0.15, -0.1) is 0 Å². The fourth-order valence-corrected chi connectivity index (χ4v) is 7.21. The summed E-state index contributed by atoms with van der Waals surface area (Å²) in [6, 6.07) is 20.4. The SMILES string of the molecule is CCOC(=O)c1c(CCCOc2cccc3ccccc23)c2cccc(-c3c(COC)nn(C)c3CBr)c2n1CCCN(C)C(=O)OC(C)(C)C. The molecule has 0 aliphatic carbocycles. The molecule has 0 saturated carbocycles. The van der Waals surface area contributed by atoms with Gasteiger partial charge in [0.25, 0.3) is 0 Å². The van der Waals surface area contributed by atoms with E-state index in [0.717, 1.165) is 55.5 Å². The Labute approximate surface area is 308 Å². The number of aryl methyl sites for hydroxylation is 3. The number of hydrogen-bond acceptors (Lipinski definition) is 7. The molecule has 272 valence electrons. The number of methoxy groups -OCH3 is 1. The lowest BCUT2D eigenvalue weighted by atomic mass is 9.98. The van der Waals surface area contributed by atoms with Gasteiger partial charge in [-0.05, 0) is 64.0 Å². The van der Waals surface area contributed by atoms with Crippen LogP contribution < -0.4 is 4.74 Å². The Kier molecular flexibility index (Phi) is 12.5. The number of benzene rings is 3. The molecular weight excluding hydrogens is 712 g/mol. The molecular formula is C40H49BrN4O6. The highest BCUT2D eigenvalue weighted by atomic mass is 79.9. The summed E-state index contributed by atoms with van der Waals surface area (Å²) in [5.74, 6) is 0.455. The molecule has 0 spiro atoms. The molecule has 11 heteroatoms. The molecule has 5 aromatic rings. The Morgan fingerprint density at radius 3 is 2.43 bits per heavy atom. The van der Waals surface area contributed by atoms with E-state index in [0.29, 0.717) is 56.6 Å². The van der Waals surface area contributed by atoms with E-state index >= 15 is 0 Å². The van der Waals surface area contributed by atoms with Crippen molar-refractivity contribution in [2.45, 2.75) is 71.0 Å². The van der Waals surface area contributed by atoms with Crippen molar-refractivity contribution >= 4 is 49.7 Å². The van der Waals surface area contributed by atoms with Crippen molar-refractivity contribution in [2.24, 2.45) is 7.05 Å². The van der Waals surface area contributed by atoms with Crippen LogP contribution in [0, 0.1) is 0 Å². The first-order chi connectivity index (χ1) is 24.5. The maximum Gasteiger partial charge on any atom is 0.410 e. The minimum atomic E-state index is -0.600. The van der Waals surface area contributed by atoms with Crippen LogP contribution in [0.25, 0.3) is 32.8 Å². The van der Waals surface area contributed by atoms with Gasteiger partial charge in [-0.25, -0.2) is 9.59 Å². The molecule has 0 unspecified atom stereocenters. The van der Waals surface area contributed by atoms with Gasteiger partial charge in [-0.3, -0.25) is 4.68 Å². The van der Waals surface area contributed by atoms with Crippen LogP contribution in [-0.2, 0) is 46.2 Å². The van der Waals surface area contributed by atoms with Gasteiger partial charge in [0.05, 0.1) is 36.7 Å². The maximum atomic E-state index is 14.0. The van der Waals surface area contributed by atoms with E-state index in [-0.39, 0.29) is 18.7 Å². The zero-order chi connectivity index (χ0) is 36.7. The molecule has 0 N–H and O–H groups in total. The smallest absolute Gasteiger partial charge is 0.410 e. The monoisotopic (exact) mass is 760 g/mol. The Balaban J connectivity index is 1.57. The molecule has 2 heterocycles. The van der Waals surface area contributed by atoms with E-state index in [9.17, 15) is 9.59 Å². The van der Waals surface area contributed by atoms with Gasteiger partial charge in [-0.2, -0.15) is 5.10 Å². The molecule has 0 aliphatic rings. The lowest BCUT2D eigenvalue weighted by Gasteiger charge is -2.24. The molecule has 0 atom stereocenters. The fraction of sp³-hybridized carbons (Fsp3) is 0.425. The second-order valence-electron chi connectivity index (χ2n) is 13.5. The number of para-hydroxylation sites is 1. The number of fused-ring (bicyclic) bond motifs is 2. The molecule has 51 heavy (non-hydrogen) atoms. The van der Waals surface area contributed by atoms with Gasteiger partial charge < -0.3 is 28.4 Å². The number of amides is 1. The average molecular weight is 762 g/mol. The normalized spacial score (nSPS) is 11.7. The lowest BCUT2D eigenvalue weighted by Crippen LogP contribution is -2.35. The van der Waals surface area contributed by atoms with Crippen LogP contribution in [0.15, 0.2) is 60.7 Å². The molecule has 0 aliphatic heterocycles. The molecule has 0 saturated heterocycles. The molecule has 3 aromatic carbocycles. The van der Waals surface area contributed by atoms with Crippen LogP contribution in [0.1, 0.15) is 68.0 Å². The van der Waals surface area contributed by atoms with Gasteiger partial charge in [-0.1, -0.05) is 70.5 Å². The van der Waals surface area contributed by atoms with Gasteiger partial charge in [0, 0.05) is 61.5 Å². The first-order valence-corrected chi connectivity index (χ1v) is 18.6. The minimum Gasteiger partial charge on any atom is -0.493 e. The summed E-state index contributed by atoms with van der Waals surface area (Å²) in [5, 5.41) is 8.54. The van der Waals surface area contributed by atoms with E-state index in [1.54, 1.807) is 19.1 Å². The van der Waals surface area contributed by atoms with Crippen molar-refractivity contribution in [1.82, 2.24) is 19.2 Å². The highest BCUT2D eigenvalue weighted by Gasteiger charge is 2.28. The standard InChI is InChI=1S/C40H49BrN4O6/c1-8-49-38(46)37-30(20-13-24-50-34-21-11-16-27-15-9-10-17-28(27)34)29-18-12-19-31(35-32(26-48-7)42-44(6)33(35)25-41)36(29)45(37)23-14-22-43(5)39(47)51-40(2,3)4/h9-12,15-19,21H,8,13-14,20,22-26H2,1-7H3. The van der Waals surface area contributed by atoms with Gasteiger partial charge in [0.1, 0.15) is 17.0 Å². The zero-order valence-electron chi connectivity index (χ0n) is 30.8. The van der Waals surface area contributed by atoms with Crippen molar-refractivity contribution in [2.75, 3.05) is 33.9 Å². The Hall–Kier alpha value is -4.35. The largest absolute Gasteiger partial charge is 0.493 e. The van der Waals surface area contributed by atoms with Crippen LogP contribution >= 0.6 is 15.9 Å². The Morgan fingerprint density at radius 2 is 1.71 bits per heavy atom. The molecule has 0 fully saturated rings. The van der Waals surface area contributed by atoms with E-state index in [4.69, 9.17) is 24.0 Å². The molecule has 0 radical (unpaired) electrons. The van der Waals surface area contributed by atoms with Crippen LogP contribution in [-0.4, -0.2) is 70.8 Å². The molecule has 0 bridgehead atoms. The van der Waals surface area contributed by atoms with Crippen LogP contribution in [0.2, 0.25) is 0 Å². The van der Waals surface area contributed by atoms with Crippen molar-refractivity contribution in [3.05, 3.63) is 83.3 Å². The zero-order valence-corrected chi connectivity index (χ0v) is 32.3. The van der Waals surface area contributed by atoms with Gasteiger partial charge in [0.2, 0.25) is 0 Å². The summed E-state index contributed by atoms with van der Waals surface area (Å²) in [4.78, 5) is 28.3. The summed E-state index contributed by atoms with van der Waals surface area (Å²) in [5.41, 5.74) is 5.46. The topological polar surface area (TPSA) is 97.0 Å². The van der Waals surface area contributed by atoms with Crippen molar-refractivity contribution in [3.63, 3.8) is 0 Å². The number of aromatic nitrogens is 3.